The molecular formula is C21H17NO5S2. The lowest BCUT2D eigenvalue weighted by Gasteiger charge is -1.98. The summed E-state index contributed by atoms with van der Waals surface area (Å²) in [5.74, 6) is 8.59. The molecule has 0 fully saturated rings. The van der Waals surface area contributed by atoms with Gasteiger partial charge in [0.1, 0.15) is 5.76 Å². The molecule has 2 aromatic heterocycles. The lowest BCUT2D eigenvalue weighted by atomic mass is 10.2. The molecule has 3 heterocycles. The van der Waals surface area contributed by atoms with E-state index in [1.165, 1.54) is 11.8 Å². The number of aliphatic carboxylic acids is 1. The van der Waals surface area contributed by atoms with Gasteiger partial charge in [-0.2, -0.15) is 0 Å². The Morgan fingerprint density at radius 3 is 3.00 bits per heavy atom. The average Bonchev–Trinajstić information content (AvgIpc) is 3.41. The molecule has 3 aromatic rings. The van der Waals surface area contributed by atoms with Gasteiger partial charge in [-0.15, -0.1) is 23.1 Å². The fraction of sp³-hybridized carbons (Fsp3) is 0.238. The largest absolute Gasteiger partial charge is 0.481 e. The Labute approximate surface area is 175 Å². The van der Waals surface area contributed by atoms with E-state index in [-0.39, 0.29) is 12.5 Å². The quantitative estimate of drug-likeness (QED) is 0.466. The first kappa shape index (κ1) is 19.4. The van der Waals surface area contributed by atoms with Crippen molar-refractivity contribution in [3.63, 3.8) is 0 Å². The summed E-state index contributed by atoms with van der Waals surface area (Å²) >= 11 is 2.90. The van der Waals surface area contributed by atoms with Crippen molar-refractivity contribution in [3.05, 3.63) is 51.5 Å². The number of fused-ring (bicyclic) bond motifs is 1. The second kappa shape index (κ2) is 8.64. The van der Waals surface area contributed by atoms with Gasteiger partial charge in [-0.25, -0.2) is 4.98 Å². The molecule has 148 valence electrons. The average molecular weight is 428 g/mol. The molecule has 1 aromatic carbocycles. The second-order valence-corrected chi connectivity index (χ2v) is 8.37. The van der Waals surface area contributed by atoms with E-state index in [0.29, 0.717) is 23.8 Å². The molecule has 0 unspecified atom stereocenters. The SMILES string of the molecule is Cc1oc(-c2ccc3c(c2)OCO3)nc1Cc1ccc(C#CCSCC(=O)O)s1. The molecule has 1 aliphatic heterocycles. The monoisotopic (exact) mass is 427 g/mol. The van der Waals surface area contributed by atoms with Crippen molar-refractivity contribution in [2.45, 2.75) is 13.3 Å². The summed E-state index contributed by atoms with van der Waals surface area (Å²) in [6, 6.07) is 9.65. The Morgan fingerprint density at radius 2 is 2.14 bits per heavy atom. The Bertz CT molecular complexity index is 1110. The van der Waals surface area contributed by atoms with Gasteiger partial charge in [0.15, 0.2) is 11.5 Å². The number of carboxylic acids is 1. The number of aromatic nitrogens is 1. The summed E-state index contributed by atoms with van der Waals surface area (Å²) in [6.45, 7) is 2.14. The highest BCUT2D eigenvalue weighted by Crippen LogP contribution is 2.36. The normalized spacial score (nSPS) is 11.9. The zero-order valence-electron chi connectivity index (χ0n) is 15.6. The first-order valence-electron chi connectivity index (χ1n) is 8.82. The number of carbonyl (C=O) groups is 1. The Hall–Kier alpha value is -2.89. The van der Waals surface area contributed by atoms with E-state index in [0.717, 1.165) is 32.5 Å². The molecule has 0 saturated heterocycles. The van der Waals surface area contributed by atoms with Gasteiger partial charge in [-0.05, 0) is 37.3 Å². The number of carboxylic acid groups (broad SMARTS) is 1. The third-order valence-corrected chi connectivity index (χ3v) is 5.93. The van der Waals surface area contributed by atoms with Crippen LogP contribution in [0.3, 0.4) is 0 Å². The van der Waals surface area contributed by atoms with Crippen LogP contribution in [0.2, 0.25) is 0 Å². The van der Waals surface area contributed by atoms with Crippen LogP contribution >= 0.6 is 23.1 Å². The number of ether oxygens (including phenoxy) is 2. The van der Waals surface area contributed by atoms with Crippen LogP contribution < -0.4 is 9.47 Å². The fourth-order valence-corrected chi connectivity index (χ4v) is 4.10. The molecule has 0 atom stereocenters. The minimum absolute atomic E-state index is 0.0709. The highest BCUT2D eigenvalue weighted by Gasteiger charge is 2.18. The molecule has 0 amide bonds. The van der Waals surface area contributed by atoms with Gasteiger partial charge in [0.05, 0.1) is 22.1 Å². The lowest BCUT2D eigenvalue weighted by Crippen LogP contribution is -1.97. The van der Waals surface area contributed by atoms with Crippen LogP contribution in [0, 0.1) is 18.8 Å². The fourth-order valence-electron chi connectivity index (χ4n) is 2.76. The summed E-state index contributed by atoms with van der Waals surface area (Å²) in [5, 5.41) is 8.62. The standard InChI is InChI=1S/C21H17NO5S2/c1-13-17(10-16-6-5-15(29-16)3-2-8-28-11-20(23)24)22-21(27-13)14-4-7-18-19(9-14)26-12-25-18/h4-7,9H,8,10-12H2,1H3,(H,23,24). The predicted molar refractivity (Wildman–Crippen MR) is 112 cm³/mol. The van der Waals surface area contributed by atoms with Crippen molar-refractivity contribution in [2.24, 2.45) is 0 Å². The van der Waals surface area contributed by atoms with Gasteiger partial charge in [0, 0.05) is 16.9 Å². The van der Waals surface area contributed by atoms with Crippen LogP contribution in [0.4, 0.5) is 0 Å². The van der Waals surface area contributed by atoms with E-state index in [1.54, 1.807) is 11.3 Å². The van der Waals surface area contributed by atoms with Crippen molar-refractivity contribution in [1.29, 1.82) is 0 Å². The molecule has 8 heteroatoms. The molecule has 0 bridgehead atoms. The summed E-state index contributed by atoms with van der Waals surface area (Å²) in [5.41, 5.74) is 1.73. The number of thiophene rings is 1. The van der Waals surface area contributed by atoms with Gasteiger partial charge >= 0.3 is 5.97 Å². The zero-order chi connectivity index (χ0) is 20.2. The number of thioether (sulfide) groups is 1. The number of hydrogen-bond acceptors (Lipinski definition) is 7. The minimum atomic E-state index is -0.821. The Balaban J connectivity index is 1.42. The van der Waals surface area contributed by atoms with Gasteiger partial charge in [0.25, 0.3) is 0 Å². The molecule has 0 radical (unpaired) electrons. The van der Waals surface area contributed by atoms with Gasteiger partial charge in [-0.3, -0.25) is 4.79 Å². The van der Waals surface area contributed by atoms with Crippen LogP contribution in [-0.4, -0.2) is 34.4 Å². The van der Waals surface area contributed by atoms with Crippen LogP contribution in [0.5, 0.6) is 11.5 Å². The summed E-state index contributed by atoms with van der Waals surface area (Å²) in [7, 11) is 0. The summed E-state index contributed by atoms with van der Waals surface area (Å²) in [4.78, 5) is 17.2. The molecule has 6 nitrogen and oxygen atoms in total. The van der Waals surface area contributed by atoms with Crippen molar-refractivity contribution >= 4 is 29.1 Å². The molecule has 1 N–H and O–H groups in total. The maximum atomic E-state index is 10.5. The number of nitrogens with zero attached hydrogens (tertiary/aromatic N) is 1. The smallest absolute Gasteiger partial charge is 0.313 e. The second-order valence-electron chi connectivity index (χ2n) is 6.22. The van der Waals surface area contributed by atoms with Crippen molar-refractivity contribution < 1.29 is 23.8 Å². The lowest BCUT2D eigenvalue weighted by molar-refractivity contribution is -0.133. The molecule has 0 saturated carbocycles. The number of benzene rings is 1. The minimum Gasteiger partial charge on any atom is -0.481 e. The van der Waals surface area contributed by atoms with E-state index in [4.69, 9.17) is 19.0 Å². The molecule has 0 spiro atoms. The van der Waals surface area contributed by atoms with Gasteiger partial charge in [-0.1, -0.05) is 11.8 Å². The summed E-state index contributed by atoms with van der Waals surface area (Å²) in [6.07, 6.45) is 0.667. The van der Waals surface area contributed by atoms with Crippen LogP contribution in [0.25, 0.3) is 11.5 Å². The third kappa shape index (κ3) is 4.75. The molecule has 4 rings (SSSR count). The maximum Gasteiger partial charge on any atom is 0.313 e. The van der Waals surface area contributed by atoms with Crippen LogP contribution in [-0.2, 0) is 11.2 Å². The van der Waals surface area contributed by atoms with Gasteiger partial charge < -0.3 is 19.0 Å². The first-order chi connectivity index (χ1) is 14.1. The highest BCUT2D eigenvalue weighted by molar-refractivity contribution is 8.00. The molecule has 1 aliphatic rings. The van der Waals surface area contributed by atoms with Crippen molar-refractivity contribution in [1.82, 2.24) is 4.98 Å². The first-order valence-corrected chi connectivity index (χ1v) is 10.8. The maximum absolute atomic E-state index is 10.5. The predicted octanol–water partition coefficient (Wildman–Crippen LogP) is 4.20. The van der Waals surface area contributed by atoms with E-state index < -0.39 is 5.97 Å². The van der Waals surface area contributed by atoms with E-state index >= 15 is 0 Å². The third-order valence-electron chi connectivity index (χ3n) is 4.13. The van der Waals surface area contributed by atoms with Crippen LogP contribution in [0.1, 0.15) is 21.2 Å². The number of rotatable bonds is 6. The number of oxazole rings is 1. The number of aryl methyl sites for hydroxylation is 1. The van der Waals surface area contributed by atoms with Crippen LogP contribution in [0.15, 0.2) is 34.7 Å². The van der Waals surface area contributed by atoms with E-state index in [9.17, 15) is 4.79 Å². The molecular weight excluding hydrogens is 410 g/mol. The van der Waals surface area contributed by atoms with E-state index in [2.05, 4.69) is 16.8 Å². The van der Waals surface area contributed by atoms with Crippen molar-refractivity contribution in [2.75, 3.05) is 18.3 Å². The highest BCUT2D eigenvalue weighted by atomic mass is 32.2. The topological polar surface area (TPSA) is 81.8 Å². The Morgan fingerprint density at radius 1 is 1.28 bits per heavy atom. The Kier molecular flexibility index (Phi) is 5.79. The van der Waals surface area contributed by atoms with E-state index in [1.807, 2.05) is 37.3 Å². The molecule has 0 aliphatic carbocycles. The van der Waals surface area contributed by atoms with Crippen molar-refractivity contribution in [3.8, 4) is 34.8 Å². The molecule has 29 heavy (non-hydrogen) atoms. The zero-order valence-corrected chi connectivity index (χ0v) is 17.2. The summed E-state index contributed by atoms with van der Waals surface area (Å²) < 4.78 is 16.6. The number of hydrogen-bond donors (Lipinski definition) is 1. The van der Waals surface area contributed by atoms with Gasteiger partial charge in [0.2, 0.25) is 12.7 Å².